The number of halogens is 1. The molecule has 1 spiro atoms. The van der Waals surface area contributed by atoms with Crippen LogP contribution in [0.4, 0.5) is 5.69 Å². The van der Waals surface area contributed by atoms with E-state index < -0.39 is 5.91 Å². The van der Waals surface area contributed by atoms with Gasteiger partial charge in [-0.2, -0.15) is 5.10 Å². The number of aromatic nitrogens is 5. The third-order valence-electron chi connectivity index (χ3n) is 10.7. The van der Waals surface area contributed by atoms with Crippen molar-refractivity contribution < 1.29 is 11.0 Å². The van der Waals surface area contributed by atoms with Crippen molar-refractivity contribution in [2.24, 2.45) is 12.5 Å². The first-order valence-electron chi connectivity index (χ1n) is 17.4. The Morgan fingerprint density at radius 3 is 2.38 bits per heavy atom. The van der Waals surface area contributed by atoms with Crippen LogP contribution in [0, 0.1) is 12.3 Å². The van der Waals surface area contributed by atoms with Crippen molar-refractivity contribution in [2.45, 2.75) is 39.5 Å². The highest BCUT2D eigenvalue weighted by molar-refractivity contribution is 9.10. The molecule has 0 unspecified atom stereocenters. The fourth-order valence-electron chi connectivity index (χ4n) is 8.10. The smallest absolute Gasteiger partial charge is 0.343 e. The van der Waals surface area contributed by atoms with Gasteiger partial charge in [0.2, 0.25) is 0 Å². The zero-order valence-corrected chi connectivity index (χ0v) is 31.1. The summed E-state index contributed by atoms with van der Waals surface area (Å²) in [5, 5.41) is 9.69. The molecule has 270 valence electrons. The fourth-order valence-corrected chi connectivity index (χ4v) is 8.35. The first-order valence-corrected chi connectivity index (χ1v) is 18.2. The Morgan fingerprint density at radius 1 is 1.00 bits per heavy atom. The largest absolute Gasteiger partial charge is 0.370 e. The number of aromatic amines is 1. The van der Waals surface area contributed by atoms with E-state index >= 15 is 0 Å². The Morgan fingerprint density at radius 2 is 1.71 bits per heavy atom. The van der Waals surface area contributed by atoms with Gasteiger partial charge in [0.25, 0.3) is 11.8 Å². The standard InChI is InChI=1S/C38H40BrN9O4.H2/c1-23-15-25(9-14-30(23)39)35(50)46-18-31-32(34(49)40-16-26-7-5-6-8-29(26)33-41-42-36(51)44(33)4)48(37(52)47(31)17-24(46)2)28-12-10-27(11-13-28)45-21-38(22-45)19-43(3)20-38;/h5-15,24H,16-22H2,1-4H3,(H,40,49)(H,42,51);1H/t24-;/m1./s1. The van der Waals surface area contributed by atoms with Crippen LogP contribution >= 0.6 is 15.9 Å². The molecule has 2 fully saturated rings. The zero-order chi connectivity index (χ0) is 36.5. The van der Waals surface area contributed by atoms with E-state index in [1.165, 1.54) is 9.13 Å². The summed E-state index contributed by atoms with van der Waals surface area (Å²) in [4.78, 5) is 61.2. The molecule has 13 nitrogen and oxygen atoms in total. The van der Waals surface area contributed by atoms with Crippen molar-refractivity contribution in [3.05, 3.63) is 120 Å². The minimum Gasteiger partial charge on any atom is -0.370 e. The second-order valence-electron chi connectivity index (χ2n) is 14.6. The maximum atomic E-state index is 14.4. The molecular formula is C38H42BrN9O4. The van der Waals surface area contributed by atoms with Crippen molar-refractivity contribution in [3.63, 3.8) is 0 Å². The molecule has 0 aliphatic carbocycles. The Bertz CT molecular complexity index is 2350. The summed E-state index contributed by atoms with van der Waals surface area (Å²) in [6, 6.07) is 20.4. The molecule has 3 aromatic carbocycles. The van der Waals surface area contributed by atoms with Crippen molar-refractivity contribution >= 4 is 33.4 Å². The van der Waals surface area contributed by atoms with E-state index in [9.17, 15) is 19.2 Å². The number of benzene rings is 3. The van der Waals surface area contributed by atoms with E-state index in [1.807, 2.05) is 74.5 Å². The maximum Gasteiger partial charge on any atom is 0.343 e. The highest BCUT2D eigenvalue weighted by atomic mass is 79.9. The van der Waals surface area contributed by atoms with Gasteiger partial charge in [-0.25, -0.2) is 14.7 Å². The van der Waals surface area contributed by atoms with Crippen molar-refractivity contribution in [1.29, 1.82) is 0 Å². The van der Waals surface area contributed by atoms with Gasteiger partial charge in [-0.05, 0) is 74.5 Å². The molecule has 5 aromatic rings. The van der Waals surface area contributed by atoms with Crippen LogP contribution < -0.4 is 21.6 Å². The lowest BCUT2D eigenvalue weighted by molar-refractivity contribution is -0.00238. The number of aryl methyl sites for hydroxylation is 1. The van der Waals surface area contributed by atoms with E-state index in [0.717, 1.165) is 47.5 Å². The molecule has 1 atom stereocenters. The molecule has 2 saturated heterocycles. The number of imidazole rings is 1. The SMILES string of the molecule is Cc1cc(C(=O)N2Cc3c(C(=O)NCc4ccccc4-c4n[nH]c(=O)n4C)n(-c4ccc(N5CC6(CN(C)C6)C5)cc4)c(=O)n3C[C@H]2C)ccc1Br.[HH]. The number of hydrogen-bond acceptors (Lipinski definition) is 7. The molecule has 2 amide bonds. The predicted octanol–water partition coefficient (Wildman–Crippen LogP) is 3.77. The van der Waals surface area contributed by atoms with Gasteiger partial charge < -0.3 is 20.0 Å². The lowest BCUT2D eigenvalue weighted by Gasteiger charge is -2.60. The normalized spacial score (nSPS) is 17.8. The van der Waals surface area contributed by atoms with Crippen molar-refractivity contribution in [1.82, 2.24) is 39.0 Å². The van der Waals surface area contributed by atoms with Crippen LogP contribution in [0.1, 0.15) is 46.0 Å². The number of carbonyl (C=O) groups excluding carboxylic acids is 2. The lowest BCUT2D eigenvalue weighted by atomic mass is 9.73. The molecule has 52 heavy (non-hydrogen) atoms. The Balaban J connectivity index is 0.00000435. The molecule has 2 N–H and O–H groups in total. The third-order valence-corrected chi connectivity index (χ3v) is 11.6. The average molecular weight is 769 g/mol. The van der Waals surface area contributed by atoms with Gasteiger partial charge in [-0.15, -0.1) is 0 Å². The summed E-state index contributed by atoms with van der Waals surface area (Å²) in [6.07, 6.45) is 0. The summed E-state index contributed by atoms with van der Waals surface area (Å²) in [7, 11) is 3.77. The summed E-state index contributed by atoms with van der Waals surface area (Å²) >= 11 is 3.52. The van der Waals surface area contributed by atoms with Crippen molar-refractivity contribution in [3.8, 4) is 17.1 Å². The molecule has 3 aliphatic rings. The number of amides is 2. The number of anilines is 1. The number of carbonyl (C=O) groups is 2. The van der Waals surface area contributed by atoms with Crippen LogP contribution in [-0.4, -0.2) is 84.8 Å². The van der Waals surface area contributed by atoms with Crippen LogP contribution in [0.3, 0.4) is 0 Å². The van der Waals surface area contributed by atoms with Crippen LogP contribution in [0.5, 0.6) is 0 Å². The number of nitrogens with zero attached hydrogens (tertiary/aromatic N) is 7. The molecule has 8 rings (SSSR count). The fraction of sp³-hybridized carbons (Fsp3) is 0.342. The monoisotopic (exact) mass is 767 g/mol. The first-order chi connectivity index (χ1) is 24.9. The topological polar surface area (TPSA) is 134 Å². The number of rotatable bonds is 7. The second kappa shape index (κ2) is 12.8. The summed E-state index contributed by atoms with van der Waals surface area (Å²) < 4.78 is 5.42. The molecule has 0 radical (unpaired) electrons. The van der Waals surface area contributed by atoms with Gasteiger partial charge in [-0.1, -0.05) is 40.2 Å². The Labute approximate surface area is 310 Å². The molecule has 14 heteroatoms. The van der Waals surface area contributed by atoms with Crippen LogP contribution in [0.15, 0.2) is 80.8 Å². The summed E-state index contributed by atoms with van der Waals surface area (Å²) in [6.45, 7) is 8.49. The predicted molar refractivity (Wildman–Crippen MR) is 203 cm³/mol. The highest BCUT2D eigenvalue weighted by Crippen LogP contribution is 2.41. The maximum absolute atomic E-state index is 14.4. The Kier molecular flexibility index (Phi) is 8.33. The van der Waals surface area contributed by atoms with Crippen LogP contribution in [0.25, 0.3) is 17.1 Å². The van der Waals surface area contributed by atoms with Gasteiger partial charge in [-0.3, -0.25) is 23.3 Å². The Hall–Kier alpha value is -5.21. The first kappa shape index (κ1) is 33.9. The zero-order valence-electron chi connectivity index (χ0n) is 29.5. The molecule has 3 aliphatic heterocycles. The van der Waals surface area contributed by atoms with Gasteiger partial charge in [0.05, 0.1) is 17.9 Å². The summed E-state index contributed by atoms with van der Waals surface area (Å²) in [5.41, 5.74) is 4.88. The number of nitrogens with one attached hydrogen (secondary N) is 2. The molecular weight excluding hydrogens is 726 g/mol. The molecule has 5 heterocycles. The lowest BCUT2D eigenvalue weighted by Crippen LogP contribution is -2.71. The van der Waals surface area contributed by atoms with Crippen LogP contribution in [0.2, 0.25) is 0 Å². The third kappa shape index (κ3) is 5.70. The molecule has 2 aromatic heterocycles. The van der Waals surface area contributed by atoms with E-state index in [1.54, 1.807) is 22.6 Å². The van der Waals surface area contributed by atoms with Crippen molar-refractivity contribution in [2.75, 3.05) is 38.1 Å². The van der Waals surface area contributed by atoms with E-state index in [-0.39, 0.29) is 50.1 Å². The highest BCUT2D eigenvalue weighted by Gasteiger charge is 2.50. The number of fused-ring (bicyclic) bond motifs is 1. The average Bonchev–Trinajstić information content (AvgIpc) is 3.59. The van der Waals surface area contributed by atoms with E-state index in [2.05, 4.69) is 48.3 Å². The number of hydrogen-bond donors (Lipinski definition) is 2. The molecule has 0 saturated carbocycles. The van der Waals surface area contributed by atoms with Gasteiger partial charge in [0.15, 0.2) is 5.82 Å². The van der Waals surface area contributed by atoms with Gasteiger partial charge in [0, 0.05) is 80.5 Å². The number of H-pyrrole nitrogens is 1. The van der Waals surface area contributed by atoms with Gasteiger partial charge in [0.1, 0.15) is 5.69 Å². The second-order valence-corrected chi connectivity index (χ2v) is 15.4. The minimum absolute atomic E-state index is 0. The van der Waals surface area contributed by atoms with Crippen LogP contribution in [-0.2, 0) is 26.7 Å². The summed E-state index contributed by atoms with van der Waals surface area (Å²) in [5.74, 6) is -0.188. The van der Waals surface area contributed by atoms with E-state index in [4.69, 9.17) is 0 Å². The number of likely N-dealkylation sites (tertiary alicyclic amines) is 1. The van der Waals surface area contributed by atoms with Gasteiger partial charge >= 0.3 is 11.4 Å². The van der Waals surface area contributed by atoms with E-state index in [0.29, 0.717) is 33.7 Å². The minimum atomic E-state index is -0.458. The molecule has 0 bridgehead atoms. The quantitative estimate of drug-likeness (QED) is 0.258.